The molecule has 4 spiro atoms. The smallest absolute Gasteiger partial charge is 0.268 e. The van der Waals surface area contributed by atoms with Crippen molar-refractivity contribution in [2.24, 2.45) is 96.5 Å². The van der Waals surface area contributed by atoms with Crippen LogP contribution in [0.5, 0.6) is 5.75 Å². The molecule has 8 atom stereocenters. The number of nitrogens with zero attached hydrogens (tertiary/aromatic N) is 15. The average molecular weight is 1830 g/mol. The summed E-state index contributed by atoms with van der Waals surface area (Å²) < 4.78 is 11.8. The van der Waals surface area contributed by atoms with E-state index in [-0.39, 0.29) is 89.9 Å². The molecular weight excluding hydrogens is 1710 g/mol. The van der Waals surface area contributed by atoms with Crippen molar-refractivity contribution < 1.29 is 4.74 Å². The minimum Gasteiger partial charge on any atom is -0.495 e. The zero-order valence-electron chi connectivity index (χ0n) is 70.2. The Labute approximate surface area is 749 Å². The Morgan fingerprint density at radius 1 is 0.405 bits per heavy atom. The van der Waals surface area contributed by atoms with Crippen LogP contribution >= 0.6 is 105 Å². The molecule has 0 bridgehead atoms. The molecule has 1 aromatic carbocycles. The number of hydrogen-bond acceptors (Lipinski definition) is 27. The number of anilines is 7. The highest BCUT2D eigenvalue weighted by Gasteiger charge is 2.51. The van der Waals surface area contributed by atoms with Crippen LogP contribution in [-0.2, 0) is 28.2 Å². The molecule has 9 aliphatic rings. The molecule has 27 nitrogen and oxygen atoms in total. The van der Waals surface area contributed by atoms with Crippen LogP contribution in [0.2, 0.25) is 25.2 Å². The maximum absolute atomic E-state index is 13.1. The number of nitrogens with two attached hydrogens (primary N) is 6. The minimum absolute atomic E-state index is 0.0592. The van der Waals surface area contributed by atoms with Gasteiger partial charge in [-0.15, -0.1) is 0 Å². The zero-order valence-corrected chi connectivity index (χ0v) is 77.3. The number of piperidine rings is 4. The second kappa shape index (κ2) is 37.8. The number of halogens is 5. The van der Waals surface area contributed by atoms with Crippen molar-refractivity contribution in [1.82, 2.24) is 53.2 Å². The largest absolute Gasteiger partial charge is 0.495 e. The second-order valence-corrected chi connectivity index (χ2v) is 41.1. The Bertz CT molecular complexity index is 5340. The Morgan fingerprint density at radius 2 is 0.727 bits per heavy atom. The number of aromatic nitrogens is 11. The molecule has 0 radical (unpaired) electrons. The summed E-state index contributed by atoms with van der Waals surface area (Å²) in [6, 6.07) is 12.3. The van der Waals surface area contributed by atoms with Crippen LogP contribution in [-0.4, -0.2) is 143 Å². The molecule has 121 heavy (non-hydrogen) atoms. The number of ether oxygens (including phenoxy) is 1. The predicted molar refractivity (Wildman–Crippen MR) is 492 cm³/mol. The minimum atomic E-state index is -0.140. The molecule has 7 aromatic heterocycles. The number of methoxy groups -OCH3 is 1. The van der Waals surface area contributed by atoms with Gasteiger partial charge < -0.3 is 64.1 Å². The van der Waals surface area contributed by atoms with Gasteiger partial charge in [0.1, 0.15) is 23.2 Å². The lowest BCUT2D eigenvalue weighted by atomic mass is 9.73. The van der Waals surface area contributed by atoms with E-state index in [9.17, 15) is 19.2 Å². The molecule has 0 amide bonds. The summed E-state index contributed by atoms with van der Waals surface area (Å²) in [4.78, 5) is 96.6. The molecule has 652 valence electrons. The highest BCUT2D eigenvalue weighted by atomic mass is 35.5. The Hall–Kier alpha value is -6.72. The van der Waals surface area contributed by atoms with Crippen LogP contribution in [0, 0.1) is 45.3 Å². The van der Waals surface area contributed by atoms with E-state index in [0.717, 1.165) is 138 Å². The summed E-state index contributed by atoms with van der Waals surface area (Å²) in [5.74, 6) is 6.96. The van der Waals surface area contributed by atoms with Crippen molar-refractivity contribution in [2.75, 3.05) is 95.9 Å². The van der Waals surface area contributed by atoms with Gasteiger partial charge in [-0.25, -0.2) is 34.9 Å². The molecule has 5 saturated carbocycles. The maximum Gasteiger partial charge on any atom is 0.268 e. The first-order valence-corrected chi connectivity index (χ1v) is 47.2. The first kappa shape index (κ1) is 90.5. The fraction of sp³-hybridized carbons (Fsp3) is 0.565. The van der Waals surface area contributed by atoms with Gasteiger partial charge >= 0.3 is 0 Å². The second-order valence-electron chi connectivity index (χ2n) is 34.9. The van der Waals surface area contributed by atoms with Crippen LogP contribution in [0.15, 0.2) is 132 Å². The zero-order chi connectivity index (χ0) is 86.3. The lowest BCUT2D eigenvalue weighted by Crippen LogP contribution is -2.49. The number of rotatable bonds is 15. The molecule has 36 heteroatoms. The lowest BCUT2D eigenvalue weighted by Gasteiger charge is -2.43. The molecule has 4 saturated heterocycles. The third kappa shape index (κ3) is 18.9. The number of benzene rings is 1. The quantitative estimate of drug-likeness (QED) is 0.0469. The number of nitrogen functional groups attached to an aromatic ring is 2. The molecular formula is C85H113Cl5N22O5S4. The molecule has 13 N–H and O–H groups in total. The van der Waals surface area contributed by atoms with Gasteiger partial charge in [0, 0.05) is 143 Å². The van der Waals surface area contributed by atoms with E-state index in [4.69, 9.17) is 97.1 Å². The summed E-state index contributed by atoms with van der Waals surface area (Å²) >= 11 is 36.5. The summed E-state index contributed by atoms with van der Waals surface area (Å²) in [6.45, 7) is 16.1. The summed E-state index contributed by atoms with van der Waals surface area (Å²) in [5.41, 5.74) is 38.3. The Balaban J connectivity index is 0.000000132. The van der Waals surface area contributed by atoms with Crippen LogP contribution in [0.25, 0.3) is 0 Å². The van der Waals surface area contributed by atoms with Gasteiger partial charge in [0.25, 0.3) is 22.2 Å². The monoisotopic (exact) mass is 1820 g/mol. The van der Waals surface area contributed by atoms with E-state index in [1.54, 1.807) is 109 Å². The van der Waals surface area contributed by atoms with Gasteiger partial charge in [-0.3, -0.25) is 37.4 Å². The Morgan fingerprint density at radius 3 is 1.05 bits per heavy atom. The average Bonchev–Trinajstić information content (AvgIpc) is 1.71. The summed E-state index contributed by atoms with van der Waals surface area (Å²) in [5, 5.41) is 5.13. The predicted octanol–water partition coefficient (Wildman–Crippen LogP) is 14.3. The number of pyridine rings is 3. The molecule has 17 rings (SSSR count). The van der Waals surface area contributed by atoms with Gasteiger partial charge in [-0.1, -0.05) is 139 Å². The van der Waals surface area contributed by atoms with Gasteiger partial charge in [-0.2, -0.15) is 0 Å². The molecule has 0 unspecified atom stereocenters. The van der Waals surface area contributed by atoms with Gasteiger partial charge in [0.15, 0.2) is 5.15 Å². The van der Waals surface area contributed by atoms with Crippen molar-refractivity contribution >= 4 is 146 Å². The molecule has 11 heterocycles. The molecule has 5 aliphatic carbocycles. The van der Waals surface area contributed by atoms with Crippen molar-refractivity contribution in [3.8, 4) is 5.75 Å². The van der Waals surface area contributed by atoms with Crippen LogP contribution in [0.3, 0.4) is 0 Å². The summed E-state index contributed by atoms with van der Waals surface area (Å²) in [6.07, 6.45) is 30.3. The number of hydrogen-bond donors (Lipinski definition) is 7. The van der Waals surface area contributed by atoms with Crippen LogP contribution in [0.1, 0.15) is 143 Å². The van der Waals surface area contributed by atoms with Crippen molar-refractivity contribution in [2.45, 2.75) is 213 Å². The first-order chi connectivity index (χ1) is 57.8. The normalized spacial score (nSPS) is 23.8. The van der Waals surface area contributed by atoms with E-state index in [1.165, 1.54) is 98.4 Å². The third-order valence-electron chi connectivity index (χ3n) is 27.9. The van der Waals surface area contributed by atoms with E-state index in [1.807, 2.05) is 18.2 Å². The molecule has 9 fully saturated rings. The lowest BCUT2D eigenvalue weighted by molar-refractivity contribution is 0.185. The van der Waals surface area contributed by atoms with Crippen molar-refractivity contribution in [3.63, 3.8) is 0 Å². The first-order valence-electron chi connectivity index (χ1n) is 42.0. The summed E-state index contributed by atoms with van der Waals surface area (Å²) in [7, 11) is 8.68. The highest BCUT2D eigenvalue weighted by Crippen LogP contribution is 2.53. The third-order valence-corrected chi connectivity index (χ3v) is 34.5. The van der Waals surface area contributed by atoms with Crippen LogP contribution < -0.4 is 86.3 Å². The van der Waals surface area contributed by atoms with E-state index < -0.39 is 0 Å². The van der Waals surface area contributed by atoms with Gasteiger partial charge in [0.05, 0.1) is 71.6 Å². The SMILES string of the molecule is COc1cccc(Sc2cnc(N3CCC4(CC[C@@H](C)[C@H]4N)CC3)n(C)c2=O)c1Cl.C[C@@H]1CCC2(CCN(c3ncc(Sc4cc(N)nc(Cl)c4Cl)c(=O)n3C)CC2)[C@@H]1N.C[C@@H]1CCC2(CCN(c3ncc(Sc4ccnc(N)c4Cl)c(=O)n3C)CC2)[C@@H]1N.C[C@@H]1CCC2(CCN(c3ncc(Sc4ccnc(NC5CC5)c4Cl)c(=O)n3C)CC2)[C@@H]1N. The fourth-order valence-electron chi connectivity index (χ4n) is 19.6. The highest BCUT2D eigenvalue weighted by molar-refractivity contribution is 8.00. The maximum atomic E-state index is 13.1. The topological polar surface area (TPSA) is 369 Å². The fourth-order valence-corrected chi connectivity index (χ4v) is 24.5. The van der Waals surface area contributed by atoms with Gasteiger partial charge in [-0.05, 0) is 191 Å². The van der Waals surface area contributed by atoms with Crippen molar-refractivity contribution in [1.29, 1.82) is 0 Å². The van der Waals surface area contributed by atoms with Crippen LogP contribution in [0.4, 0.5) is 41.2 Å². The number of nitrogens with one attached hydrogen (secondary N) is 1. The van der Waals surface area contributed by atoms with E-state index in [2.05, 4.69) is 87.5 Å². The van der Waals surface area contributed by atoms with E-state index in [0.29, 0.717) is 97.6 Å². The standard InChI is InChI=1S/C23H31ClN6OS.C22H29ClN4O2S.C20H26Cl2N6OS.C20H27ClN6OS/c1-14-5-7-23(19(14)25)8-11-30(12-9-23)22-27-13-17(21(31)29(22)2)32-16-6-10-26-20(18(16)24)28-15-3-4-15;1-14-7-8-22(19(14)24)9-11-27(12-10-22)21-25-13-17(20(28)26(21)2)30-16-6-4-5-15(29-3)18(16)23;1-11-3-4-20(16(11)24)5-7-28(8-6-20)19-25-10-13(18(29)27(19)2)30-12-9-14(23)26-17(22)15(12)21;1-12-3-5-20(16(12)22)6-9-27(10-7-20)19-25-11-14(18(28)26(19)2)29-13-4-8-24-17(23)15(13)21/h6,10,13-15,19H,3-5,7-9,11-12,25H2,1-2H3,(H,26,28);4-6,13-14,19H,7-12,24H2,1-3H3;9-11,16H,3-8,24H2,1-2H3,(H2,23,26);4,8,11-12,16H,3,5-7,9-10,22H2,1-2H3,(H2,23,24)/t2*14-,19-;11-,16-;12-,16-/m1111/s1. The van der Waals surface area contributed by atoms with Crippen molar-refractivity contribution in [3.05, 3.63) is 140 Å². The molecule has 8 aromatic rings. The van der Waals surface area contributed by atoms with E-state index >= 15 is 0 Å². The van der Waals surface area contributed by atoms with Gasteiger partial charge in [0.2, 0.25) is 23.8 Å². The Kier molecular flexibility index (Phi) is 28.3. The molecule has 4 aliphatic heterocycles.